The van der Waals surface area contributed by atoms with Gasteiger partial charge in [-0.05, 0) is 114 Å². The summed E-state index contributed by atoms with van der Waals surface area (Å²) in [5.74, 6) is -1.30. The van der Waals surface area contributed by atoms with Gasteiger partial charge in [0.1, 0.15) is 12.6 Å². The molecular formula is C54H79N4O19S4+. The number of nitrogens with zero attached hydrogens (tertiary/aromatic N) is 2. The topological polar surface area (TPSA) is 328 Å². The maximum Gasteiger partial charge on any atom is 0.407 e. The molecule has 0 saturated carbocycles. The second-order valence-electron chi connectivity index (χ2n) is 20.5. The smallest absolute Gasteiger partial charge is 0.407 e. The van der Waals surface area contributed by atoms with Gasteiger partial charge in [-0.2, -0.15) is 38.2 Å². The number of fused-ring (bicyclic) bond motifs is 2. The lowest BCUT2D eigenvalue weighted by atomic mass is 9.77. The maximum atomic E-state index is 12.9. The van der Waals surface area contributed by atoms with E-state index in [0.29, 0.717) is 106 Å². The monoisotopic (exact) mass is 1220 g/mol. The molecule has 0 radical (unpaired) electrons. The zero-order chi connectivity index (χ0) is 59.3. The third-order valence-electron chi connectivity index (χ3n) is 14.0. The molecule has 0 saturated heterocycles. The first kappa shape index (κ1) is 66.9. The Balaban J connectivity index is 1.12. The average Bonchev–Trinajstić information content (AvgIpc) is 3.74. The van der Waals surface area contributed by atoms with Gasteiger partial charge in [-0.25, -0.2) is 4.79 Å². The zero-order valence-corrected chi connectivity index (χ0v) is 49.5. The molecule has 2 aromatic carbocycles. The Labute approximate surface area is 476 Å². The van der Waals surface area contributed by atoms with Crippen LogP contribution in [0.5, 0.6) is 0 Å². The third kappa shape index (κ3) is 21.7. The van der Waals surface area contributed by atoms with E-state index in [0.717, 1.165) is 32.1 Å². The highest BCUT2D eigenvalue weighted by molar-refractivity contribution is 7.86. The van der Waals surface area contributed by atoms with Crippen LogP contribution in [0.25, 0.3) is 0 Å². The van der Waals surface area contributed by atoms with Crippen LogP contribution < -0.4 is 15.5 Å². The molecule has 2 amide bonds. The molecule has 2 aromatic rings. The highest BCUT2D eigenvalue weighted by atomic mass is 32.2. The van der Waals surface area contributed by atoms with E-state index in [1.54, 1.807) is 35.0 Å². The fourth-order valence-electron chi connectivity index (χ4n) is 9.96. The van der Waals surface area contributed by atoms with Crippen LogP contribution in [0, 0.1) is 0 Å². The molecule has 6 N–H and O–H groups in total. The van der Waals surface area contributed by atoms with E-state index in [9.17, 15) is 61.5 Å². The van der Waals surface area contributed by atoms with Crippen molar-refractivity contribution in [3.8, 4) is 0 Å². The molecule has 81 heavy (non-hydrogen) atoms. The van der Waals surface area contributed by atoms with Crippen molar-refractivity contribution in [3.63, 3.8) is 0 Å². The van der Waals surface area contributed by atoms with Crippen molar-refractivity contribution in [3.05, 3.63) is 95.8 Å². The number of carbonyl (C=O) groups is 2. The van der Waals surface area contributed by atoms with E-state index in [4.69, 9.17) is 23.7 Å². The van der Waals surface area contributed by atoms with Gasteiger partial charge in [-0.3, -0.25) is 23.0 Å². The van der Waals surface area contributed by atoms with Crippen LogP contribution in [-0.4, -0.2) is 171 Å². The number of allylic oxidation sites excluding steroid dienone is 8. The predicted octanol–water partition coefficient (Wildman–Crippen LogP) is 6.24. The molecule has 0 spiro atoms. The highest BCUT2D eigenvalue weighted by Gasteiger charge is 2.46. The van der Waals surface area contributed by atoms with Crippen molar-refractivity contribution in [1.82, 2.24) is 10.6 Å². The van der Waals surface area contributed by atoms with E-state index in [1.807, 2.05) is 25.7 Å². The normalized spacial score (nSPS) is 19.5. The number of carbonyl (C=O) groups excluding carboxylic acids is 2. The van der Waals surface area contributed by atoms with Crippen molar-refractivity contribution in [1.29, 1.82) is 0 Å². The van der Waals surface area contributed by atoms with E-state index in [-0.39, 0.29) is 67.3 Å². The van der Waals surface area contributed by atoms with E-state index >= 15 is 0 Å². The predicted molar refractivity (Wildman–Crippen MR) is 304 cm³/mol. The molecule has 452 valence electrons. The number of alkyl carbamates (subject to hydrolysis) is 1. The molecule has 23 nitrogen and oxygen atoms in total. The van der Waals surface area contributed by atoms with Crippen LogP contribution in [0.4, 0.5) is 16.2 Å². The molecule has 0 aromatic heterocycles. The van der Waals surface area contributed by atoms with Crippen LogP contribution in [0.15, 0.2) is 94.4 Å². The summed E-state index contributed by atoms with van der Waals surface area (Å²) in [7, 11) is -17.9. The number of benzene rings is 2. The van der Waals surface area contributed by atoms with Gasteiger partial charge in [0.05, 0.1) is 79.6 Å². The van der Waals surface area contributed by atoms with Gasteiger partial charge in [0.25, 0.3) is 40.5 Å². The molecule has 2 heterocycles. The van der Waals surface area contributed by atoms with Crippen LogP contribution in [0.3, 0.4) is 0 Å². The summed E-state index contributed by atoms with van der Waals surface area (Å²) in [5, 5.41) is 5.55. The summed E-state index contributed by atoms with van der Waals surface area (Å²) in [6.07, 6.45) is 18.5. The minimum Gasteiger partial charge on any atom is -0.446 e. The number of amides is 2. The molecule has 27 heteroatoms. The lowest BCUT2D eigenvalue weighted by Crippen LogP contribution is -2.31. The molecule has 1 aliphatic carbocycles. The zero-order valence-electron chi connectivity index (χ0n) is 46.2. The number of ether oxygens (including phenoxy) is 5. The SMILES string of the molecule is CC1(C)C(/C=C/C=C/C=C2/N(CCCS(=O)(=O)O)c3ccc(S(=O)(=O)O)cc3C2(C)CCCCC(=O)NCCOCCOCCOCCOCCNC(=O)OC2CC/C=C/CCC2)=[N+](CCCS(=O)(=O)O)c2ccc(S(=O)(=O)O)cc21. The van der Waals surface area contributed by atoms with Crippen LogP contribution in [0.2, 0.25) is 0 Å². The van der Waals surface area contributed by atoms with Crippen LogP contribution in [0.1, 0.15) is 103 Å². The second-order valence-corrected chi connectivity index (χ2v) is 26.5. The van der Waals surface area contributed by atoms with Crippen molar-refractivity contribution in [2.24, 2.45) is 0 Å². The fourth-order valence-corrected chi connectivity index (χ4v) is 12.0. The summed E-state index contributed by atoms with van der Waals surface area (Å²) >= 11 is 0. The molecule has 5 rings (SSSR count). The number of unbranched alkanes of at least 4 members (excludes halogenated alkanes) is 1. The standard InChI is InChI=1S/C54H78N4O19S4/c1-53(2)45-40-43(80(67,68)69)21-23-47(45)57(28-14-38-78(61,62)63)49(53)18-10-7-11-19-50-54(3,46-41-44(81(70,71)72)22-24-48(46)58(50)29-15-39-79(64,65)66)25-13-12-20-51(59)55-26-30-73-32-34-75-36-37-76-35-33-74-31-27-56-52(60)77-42-16-8-5-4-6-9-17-42/h4-5,7,10-11,18-19,21-24,40-42H,6,8-9,12-17,20,25-39H2,1-3H3,(H5-,55,56,59,60,61,62,63,64,65,66,67,68,69,70,71,72)/p+1/b5-4+. The van der Waals surface area contributed by atoms with E-state index in [2.05, 4.69) is 22.8 Å². The molecular weight excluding hydrogens is 1140 g/mol. The van der Waals surface area contributed by atoms with Gasteiger partial charge in [0.15, 0.2) is 5.71 Å². The number of anilines is 1. The number of hydrogen-bond donors (Lipinski definition) is 6. The number of rotatable bonds is 34. The van der Waals surface area contributed by atoms with Crippen molar-refractivity contribution < 1.29 is 89.7 Å². The largest absolute Gasteiger partial charge is 0.446 e. The number of nitrogens with one attached hydrogen (secondary N) is 2. The van der Waals surface area contributed by atoms with Gasteiger partial charge >= 0.3 is 6.09 Å². The van der Waals surface area contributed by atoms with Gasteiger partial charge in [0, 0.05) is 67.0 Å². The Morgan fingerprint density at radius 3 is 1.89 bits per heavy atom. The Hall–Kier alpha value is -4.91. The second kappa shape index (κ2) is 31.1. The van der Waals surface area contributed by atoms with Crippen molar-refractivity contribution in [2.75, 3.05) is 95.4 Å². The molecule has 0 fully saturated rings. The summed E-state index contributed by atoms with van der Waals surface area (Å²) in [6.45, 7) is 8.98. The van der Waals surface area contributed by atoms with Crippen LogP contribution >= 0.6 is 0 Å². The van der Waals surface area contributed by atoms with Gasteiger partial charge in [-0.1, -0.05) is 36.8 Å². The summed E-state index contributed by atoms with van der Waals surface area (Å²) < 4.78 is 164. The average molecular weight is 1220 g/mol. The van der Waals surface area contributed by atoms with Crippen molar-refractivity contribution >= 4 is 69.6 Å². The van der Waals surface area contributed by atoms with Gasteiger partial charge in [-0.15, -0.1) is 0 Å². The Bertz CT molecular complexity index is 3090. The van der Waals surface area contributed by atoms with Gasteiger partial charge < -0.3 is 39.2 Å². The fraction of sp³-hybridized carbons (Fsp3) is 0.574. The first-order valence-electron chi connectivity index (χ1n) is 27.0. The van der Waals surface area contributed by atoms with Gasteiger partial charge in [0.2, 0.25) is 11.6 Å². The molecule has 0 bridgehead atoms. The summed E-state index contributed by atoms with van der Waals surface area (Å²) in [6, 6.07) is 8.24. The lowest BCUT2D eigenvalue weighted by Gasteiger charge is -2.30. The minimum atomic E-state index is -4.66. The summed E-state index contributed by atoms with van der Waals surface area (Å²) in [4.78, 5) is 26.1. The van der Waals surface area contributed by atoms with E-state index < -0.39 is 68.9 Å². The lowest BCUT2D eigenvalue weighted by molar-refractivity contribution is -0.437. The highest BCUT2D eigenvalue weighted by Crippen LogP contribution is 2.51. The molecule has 3 aliphatic rings. The Morgan fingerprint density at radius 1 is 0.679 bits per heavy atom. The Morgan fingerprint density at radius 2 is 1.26 bits per heavy atom. The first-order valence-corrected chi connectivity index (χ1v) is 33.1. The molecule has 2 atom stereocenters. The number of hydrogen-bond acceptors (Lipinski definition) is 16. The van der Waals surface area contributed by atoms with E-state index in [1.165, 1.54) is 36.4 Å². The minimum absolute atomic E-state index is 0.0139. The van der Waals surface area contributed by atoms with Crippen molar-refractivity contribution in [2.45, 2.75) is 118 Å². The molecule has 2 aliphatic heterocycles. The summed E-state index contributed by atoms with van der Waals surface area (Å²) in [5.41, 5.74) is 1.62. The Kier molecular flexibility index (Phi) is 25.7. The quantitative estimate of drug-likeness (QED) is 0.0148. The third-order valence-corrected chi connectivity index (χ3v) is 17.3. The first-order chi connectivity index (χ1) is 38.2. The maximum absolute atomic E-state index is 12.9. The van der Waals surface area contributed by atoms with Crippen LogP contribution in [-0.2, 0) is 79.8 Å². The molecule has 2 unspecified atom stereocenters.